The molecule has 1 aromatic carbocycles. The number of ketones is 1. The first-order valence-corrected chi connectivity index (χ1v) is 11.0. The zero-order chi connectivity index (χ0) is 22.5. The summed E-state index contributed by atoms with van der Waals surface area (Å²) >= 11 is 3.40. The van der Waals surface area contributed by atoms with Crippen LogP contribution in [0.3, 0.4) is 0 Å². The molecule has 1 aliphatic rings. The van der Waals surface area contributed by atoms with Gasteiger partial charge < -0.3 is 19.6 Å². The van der Waals surface area contributed by atoms with E-state index >= 15 is 0 Å². The minimum Gasteiger partial charge on any atom is -0.507 e. The van der Waals surface area contributed by atoms with E-state index in [1.807, 2.05) is 6.07 Å². The average Bonchev–Trinajstić information content (AvgIpc) is 3.04. The number of Topliss-reactive ketones (excluding diaryl/α,β-unsaturated/α-hetero) is 1. The third kappa shape index (κ3) is 4.65. The number of hydrogen-bond donors (Lipinski definition) is 1. The van der Waals surface area contributed by atoms with Gasteiger partial charge in [-0.2, -0.15) is 0 Å². The molecule has 1 unspecified atom stereocenters. The fraction of sp³-hybridized carbons (Fsp3) is 0.348. The highest BCUT2D eigenvalue weighted by Gasteiger charge is 2.46. The Morgan fingerprint density at radius 2 is 2.00 bits per heavy atom. The summed E-state index contributed by atoms with van der Waals surface area (Å²) in [6, 6.07) is 7.87. The Morgan fingerprint density at radius 3 is 2.58 bits per heavy atom. The lowest BCUT2D eigenvalue weighted by Crippen LogP contribution is -2.38. The van der Waals surface area contributed by atoms with Crippen molar-refractivity contribution in [3.05, 3.63) is 63.9 Å². The van der Waals surface area contributed by atoms with Crippen molar-refractivity contribution in [3.8, 4) is 5.75 Å². The zero-order valence-electron chi connectivity index (χ0n) is 17.8. The Bertz CT molecular complexity index is 990. The first-order chi connectivity index (χ1) is 14.9. The SMILES string of the molecule is CCN(CC)CCN1C(=O)C(=O)/C(=C(\O)c2ccc(OC)c(Br)c2)C1c1cccnc1. The highest BCUT2D eigenvalue weighted by molar-refractivity contribution is 9.10. The van der Waals surface area contributed by atoms with E-state index in [1.54, 1.807) is 43.8 Å². The fourth-order valence-corrected chi connectivity index (χ4v) is 4.29. The van der Waals surface area contributed by atoms with Gasteiger partial charge in [-0.25, -0.2) is 0 Å². The molecule has 0 radical (unpaired) electrons. The normalized spacial score (nSPS) is 18.1. The average molecular weight is 488 g/mol. The number of carbonyl (C=O) groups is 2. The lowest BCUT2D eigenvalue weighted by molar-refractivity contribution is -0.140. The Labute approximate surface area is 190 Å². The Morgan fingerprint density at radius 1 is 1.26 bits per heavy atom. The van der Waals surface area contributed by atoms with Crippen LogP contribution in [0.1, 0.15) is 31.0 Å². The molecule has 1 aromatic heterocycles. The van der Waals surface area contributed by atoms with Gasteiger partial charge in [0.15, 0.2) is 0 Å². The van der Waals surface area contributed by atoms with Gasteiger partial charge in [0.25, 0.3) is 11.7 Å². The van der Waals surface area contributed by atoms with Crippen molar-refractivity contribution in [1.82, 2.24) is 14.8 Å². The number of aliphatic hydroxyl groups excluding tert-OH is 1. The topological polar surface area (TPSA) is 83.0 Å². The van der Waals surface area contributed by atoms with Crippen LogP contribution in [-0.4, -0.2) is 64.9 Å². The van der Waals surface area contributed by atoms with Crippen LogP contribution in [0.15, 0.2) is 52.8 Å². The van der Waals surface area contributed by atoms with Crippen LogP contribution in [0.5, 0.6) is 5.75 Å². The summed E-state index contributed by atoms with van der Waals surface area (Å²) in [4.78, 5) is 33.8. The van der Waals surface area contributed by atoms with Crippen LogP contribution in [-0.2, 0) is 9.59 Å². The van der Waals surface area contributed by atoms with Crippen LogP contribution in [0.2, 0.25) is 0 Å². The summed E-state index contributed by atoms with van der Waals surface area (Å²) in [6.45, 7) is 6.80. The van der Waals surface area contributed by atoms with Crippen LogP contribution in [0.4, 0.5) is 0 Å². The number of methoxy groups -OCH3 is 1. The van der Waals surface area contributed by atoms with Crippen molar-refractivity contribution in [1.29, 1.82) is 0 Å². The molecule has 164 valence electrons. The van der Waals surface area contributed by atoms with Crippen molar-refractivity contribution in [2.24, 2.45) is 0 Å². The van der Waals surface area contributed by atoms with Gasteiger partial charge in [-0.1, -0.05) is 19.9 Å². The summed E-state index contributed by atoms with van der Waals surface area (Å²) in [5.74, 6) is -0.936. The van der Waals surface area contributed by atoms with Gasteiger partial charge in [0, 0.05) is 31.0 Å². The highest BCUT2D eigenvalue weighted by atomic mass is 79.9. The molecule has 1 atom stereocenters. The number of likely N-dealkylation sites (tertiary alicyclic amines) is 1. The highest BCUT2D eigenvalue weighted by Crippen LogP contribution is 2.39. The first kappa shape index (κ1) is 23.0. The molecule has 1 N–H and O–H groups in total. The molecule has 1 saturated heterocycles. The number of amides is 1. The number of nitrogens with zero attached hydrogens (tertiary/aromatic N) is 3. The molecule has 3 rings (SSSR count). The van der Waals surface area contributed by atoms with Gasteiger partial charge >= 0.3 is 0 Å². The number of benzene rings is 1. The van der Waals surface area contributed by atoms with Crippen molar-refractivity contribution >= 4 is 33.4 Å². The number of hydrogen-bond acceptors (Lipinski definition) is 6. The summed E-state index contributed by atoms with van der Waals surface area (Å²) in [7, 11) is 1.55. The monoisotopic (exact) mass is 487 g/mol. The molecule has 1 amide bonds. The van der Waals surface area contributed by atoms with Gasteiger partial charge in [0.2, 0.25) is 0 Å². The molecule has 0 saturated carbocycles. The molecule has 31 heavy (non-hydrogen) atoms. The molecular formula is C23H26BrN3O4. The van der Waals surface area contributed by atoms with E-state index in [0.717, 1.165) is 13.1 Å². The minimum atomic E-state index is -0.704. The van der Waals surface area contributed by atoms with E-state index in [9.17, 15) is 14.7 Å². The molecule has 0 spiro atoms. The van der Waals surface area contributed by atoms with Crippen molar-refractivity contribution in [2.75, 3.05) is 33.3 Å². The number of aromatic nitrogens is 1. The van der Waals surface area contributed by atoms with Crippen molar-refractivity contribution < 1.29 is 19.4 Å². The van der Waals surface area contributed by atoms with E-state index in [0.29, 0.717) is 34.4 Å². The molecule has 7 nitrogen and oxygen atoms in total. The standard InChI is InChI=1S/C23H26BrN3O4/c1-4-26(5-2)11-12-27-20(16-7-6-10-25-14-16)19(22(29)23(27)30)21(28)15-8-9-18(31-3)17(24)13-15/h6-10,13-14,20,28H,4-5,11-12H2,1-3H3/b21-19-. The number of likely N-dealkylation sites (N-methyl/N-ethyl adjacent to an activating group) is 1. The van der Waals surface area contributed by atoms with Gasteiger partial charge in [0.1, 0.15) is 11.5 Å². The molecule has 1 aliphatic heterocycles. The third-order valence-electron chi connectivity index (χ3n) is 5.52. The Hall–Kier alpha value is -2.71. The van der Waals surface area contributed by atoms with Crippen molar-refractivity contribution in [3.63, 3.8) is 0 Å². The van der Waals surface area contributed by atoms with Crippen molar-refractivity contribution in [2.45, 2.75) is 19.9 Å². The predicted octanol–water partition coefficient (Wildman–Crippen LogP) is 3.62. The quantitative estimate of drug-likeness (QED) is 0.347. The summed E-state index contributed by atoms with van der Waals surface area (Å²) in [5, 5.41) is 11.1. The second kappa shape index (κ2) is 10.1. The Kier molecular flexibility index (Phi) is 7.46. The predicted molar refractivity (Wildman–Crippen MR) is 122 cm³/mol. The smallest absolute Gasteiger partial charge is 0.295 e. The number of carbonyl (C=O) groups excluding carboxylic acids is 2. The number of halogens is 1. The van der Waals surface area contributed by atoms with Crippen LogP contribution in [0, 0.1) is 0 Å². The van der Waals surface area contributed by atoms with Crippen LogP contribution in [0.25, 0.3) is 5.76 Å². The maximum Gasteiger partial charge on any atom is 0.295 e. The van der Waals surface area contributed by atoms with Gasteiger partial charge in [-0.3, -0.25) is 14.6 Å². The molecule has 1 fully saturated rings. The zero-order valence-corrected chi connectivity index (χ0v) is 19.4. The first-order valence-electron chi connectivity index (χ1n) is 10.2. The summed E-state index contributed by atoms with van der Waals surface area (Å²) < 4.78 is 5.87. The third-order valence-corrected chi connectivity index (χ3v) is 6.14. The van der Waals surface area contributed by atoms with E-state index in [-0.39, 0.29) is 11.3 Å². The molecule has 0 aliphatic carbocycles. The number of ether oxygens (including phenoxy) is 1. The molecule has 8 heteroatoms. The van der Waals surface area contributed by atoms with Gasteiger partial charge in [-0.05, 0) is 58.8 Å². The second-order valence-corrected chi connectivity index (χ2v) is 8.01. The number of aliphatic hydroxyl groups is 1. The maximum atomic E-state index is 13.0. The van der Waals surface area contributed by atoms with E-state index in [2.05, 4.69) is 39.7 Å². The maximum absolute atomic E-state index is 13.0. The summed E-state index contributed by atoms with van der Waals surface area (Å²) in [5.41, 5.74) is 1.16. The molecule has 2 heterocycles. The lowest BCUT2D eigenvalue weighted by atomic mass is 9.96. The van der Waals surface area contributed by atoms with Gasteiger partial charge in [-0.15, -0.1) is 0 Å². The Balaban J connectivity index is 2.08. The summed E-state index contributed by atoms with van der Waals surface area (Å²) in [6.07, 6.45) is 3.25. The minimum absolute atomic E-state index is 0.0645. The van der Waals surface area contributed by atoms with E-state index < -0.39 is 17.7 Å². The van der Waals surface area contributed by atoms with E-state index in [1.165, 1.54) is 4.90 Å². The van der Waals surface area contributed by atoms with Crippen LogP contribution >= 0.6 is 15.9 Å². The van der Waals surface area contributed by atoms with Crippen LogP contribution < -0.4 is 4.74 Å². The largest absolute Gasteiger partial charge is 0.507 e. The van der Waals surface area contributed by atoms with E-state index in [4.69, 9.17) is 4.74 Å². The lowest BCUT2D eigenvalue weighted by Gasteiger charge is -2.28. The fourth-order valence-electron chi connectivity index (χ4n) is 3.75. The second-order valence-electron chi connectivity index (χ2n) is 7.16. The van der Waals surface area contributed by atoms with Gasteiger partial charge in [0.05, 0.1) is 23.2 Å². The number of pyridine rings is 1. The molecule has 0 bridgehead atoms. The molecule has 2 aromatic rings. The number of rotatable bonds is 8. The molecular weight excluding hydrogens is 462 g/mol.